The van der Waals surface area contributed by atoms with Gasteiger partial charge in [0, 0.05) is 52.0 Å². The molecule has 1 aromatic heterocycles. The van der Waals surface area contributed by atoms with Gasteiger partial charge in [0.05, 0.1) is 6.54 Å². The minimum Gasteiger partial charge on any atom is -0.355 e. The lowest BCUT2D eigenvalue weighted by molar-refractivity contribution is -0.117. The lowest BCUT2D eigenvalue weighted by atomic mass is 10.1. The SMILES string of the molecule is Cc1cccc(C)c1NC(=O)CN1CCN(c2cc(=O)n(C)c(=O)n2C)CC1.Cl. The van der Waals surface area contributed by atoms with Gasteiger partial charge in [-0.3, -0.25) is 23.6 Å². The van der Waals surface area contributed by atoms with Gasteiger partial charge in [-0.15, -0.1) is 12.4 Å². The Morgan fingerprint density at radius 3 is 2.17 bits per heavy atom. The predicted molar refractivity (Wildman–Crippen MR) is 117 cm³/mol. The maximum Gasteiger partial charge on any atom is 0.332 e. The van der Waals surface area contributed by atoms with E-state index in [0.29, 0.717) is 38.5 Å². The first-order valence-corrected chi connectivity index (χ1v) is 9.38. The van der Waals surface area contributed by atoms with Crippen molar-refractivity contribution in [3.05, 3.63) is 56.2 Å². The van der Waals surface area contributed by atoms with Crippen LogP contribution in [0.25, 0.3) is 0 Å². The van der Waals surface area contributed by atoms with Crippen molar-refractivity contribution in [2.75, 3.05) is 42.9 Å². The number of halogens is 1. The van der Waals surface area contributed by atoms with Crippen molar-refractivity contribution in [2.45, 2.75) is 13.8 Å². The van der Waals surface area contributed by atoms with E-state index in [9.17, 15) is 14.4 Å². The van der Waals surface area contributed by atoms with Crippen molar-refractivity contribution in [2.24, 2.45) is 14.1 Å². The molecule has 0 unspecified atom stereocenters. The van der Waals surface area contributed by atoms with Crippen molar-refractivity contribution in [3.8, 4) is 0 Å². The number of rotatable bonds is 4. The molecule has 0 atom stereocenters. The number of amides is 1. The van der Waals surface area contributed by atoms with Gasteiger partial charge >= 0.3 is 5.69 Å². The molecule has 1 fully saturated rings. The van der Waals surface area contributed by atoms with Crippen molar-refractivity contribution in [3.63, 3.8) is 0 Å². The van der Waals surface area contributed by atoms with Gasteiger partial charge in [-0.05, 0) is 25.0 Å². The van der Waals surface area contributed by atoms with E-state index in [0.717, 1.165) is 21.4 Å². The molecule has 1 aliphatic rings. The van der Waals surface area contributed by atoms with Crippen LogP contribution in [0.4, 0.5) is 11.5 Å². The number of benzene rings is 1. The highest BCUT2D eigenvalue weighted by Crippen LogP contribution is 2.19. The Morgan fingerprint density at radius 2 is 1.59 bits per heavy atom. The second kappa shape index (κ2) is 9.28. The summed E-state index contributed by atoms with van der Waals surface area (Å²) in [5.41, 5.74) is 2.32. The first kappa shape index (κ1) is 22.7. The lowest BCUT2D eigenvalue weighted by Crippen LogP contribution is -2.50. The molecule has 9 heteroatoms. The van der Waals surface area contributed by atoms with Crippen LogP contribution in [0.1, 0.15) is 11.1 Å². The van der Waals surface area contributed by atoms with E-state index in [-0.39, 0.29) is 29.6 Å². The lowest BCUT2D eigenvalue weighted by Gasteiger charge is -2.36. The van der Waals surface area contributed by atoms with Crippen molar-refractivity contribution in [1.82, 2.24) is 14.0 Å². The fourth-order valence-electron chi connectivity index (χ4n) is 3.55. The van der Waals surface area contributed by atoms with Crippen LogP contribution in [0.2, 0.25) is 0 Å². The number of hydrogen-bond donors (Lipinski definition) is 1. The third-order valence-corrected chi connectivity index (χ3v) is 5.31. The van der Waals surface area contributed by atoms with E-state index in [4.69, 9.17) is 0 Å². The predicted octanol–water partition coefficient (Wildman–Crippen LogP) is 0.883. The summed E-state index contributed by atoms with van der Waals surface area (Å²) < 4.78 is 2.59. The molecular formula is C20H28ClN5O3. The van der Waals surface area contributed by atoms with Crippen molar-refractivity contribution >= 4 is 29.8 Å². The van der Waals surface area contributed by atoms with Gasteiger partial charge in [0.25, 0.3) is 5.56 Å². The minimum absolute atomic E-state index is 0. The highest BCUT2D eigenvalue weighted by Gasteiger charge is 2.22. The van der Waals surface area contributed by atoms with E-state index in [1.807, 2.05) is 36.9 Å². The number of nitrogens with zero attached hydrogens (tertiary/aromatic N) is 4. The molecule has 0 spiro atoms. The fraction of sp³-hybridized carbons (Fsp3) is 0.450. The molecule has 1 saturated heterocycles. The van der Waals surface area contributed by atoms with Crippen LogP contribution in [-0.4, -0.2) is 52.7 Å². The molecule has 1 N–H and O–H groups in total. The third kappa shape index (κ3) is 4.89. The van der Waals surface area contributed by atoms with E-state index >= 15 is 0 Å². The summed E-state index contributed by atoms with van der Waals surface area (Å²) in [5, 5.41) is 3.02. The average molecular weight is 422 g/mol. The average Bonchev–Trinajstić information content (AvgIpc) is 2.67. The van der Waals surface area contributed by atoms with E-state index in [1.54, 1.807) is 7.05 Å². The highest BCUT2D eigenvalue weighted by atomic mass is 35.5. The number of anilines is 2. The minimum atomic E-state index is -0.335. The number of hydrogen-bond acceptors (Lipinski definition) is 5. The van der Waals surface area contributed by atoms with Gasteiger partial charge in [0.15, 0.2) is 0 Å². The monoisotopic (exact) mass is 421 g/mol. The zero-order valence-electron chi connectivity index (χ0n) is 17.3. The summed E-state index contributed by atoms with van der Waals surface area (Å²) in [7, 11) is 3.14. The topological polar surface area (TPSA) is 79.6 Å². The molecule has 1 aliphatic heterocycles. The Labute approximate surface area is 176 Å². The number of para-hydroxylation sites is 1. The smallest absolute Gasteiger partial charge is 0.332 e. The quantitative estimate of drug-likeness (QED) is 0.792. The summed E-state index contributed by atoms with van der Waals surface area (Å²) in [6.07, 6.45) is 0. The first-order chi connectivity index (χ1) is 13.3. The number of piperazine rings is 1. The first-order valence-electron chi connectivity index (χ1n) is 9.38. The van der Waals surface area contributed by atoms with Gasteiger partial charge in [-0.1, -0.05) is 18.2 Å². The fourth-order valence-corrected chi connectivity index (χ4v) is 3.55. The molecule has 0 saturated carbocycles. The second-order valence-electron chi connectivity index (χ2n) is 7.32. The van der Waals surface area contributed by atoms with Crippen LogP contribution in [0.3, 0.4) is 0 Å². The summed E-state index contributed by atoms with van der Waals surface area (Å²) >= 11 is 0. The number of carbonyl (C=O) groups is 1. The van der Waals surface area contributed by atoms with Gasteiger partial charge in [-0.25, -0.2) is 4.79 Å². The number of aryl methyl sites for hydroxylation is 2. The highest BCUT2D eigenvalue weighted by molar-refractivity contribution is 5.93. The molecule has 29 heavy (non-hydrogen) atoms. The van der Waals surface area contributed by atoms with Gasteiger partial charge in [0.1, 0.15) is 5.82 Å². The largest absolute Gasteiger partial charge is 0.355 e. The van der Waals surface area contributed by atoms with Gasteiger partial charge < -0.3 is 10.2 Å². The molecule has 158 valence electrons. The molecule has 3 rings (SSSR count). The van der Waals surface area contributed by atoms with Crippen molar-refractivity contribution in [1.29, 1.82) is 0 Å². The maximum absolute atomic E-state index is 12.5. The molecule has 0 radical (unpaired) electrons. The molecule has 0 bridgehead atoms. The second-order valence-corrected chi connectivity index (χ2v) is 7.32. The number of aromatic nitrogens is 2. The summed E-state index contributed by atoms with van der Waals surface area (Å²) in [6, 6.07) is 7.43. The van der Waals surface area contributed by atoms with Crippen LogP contribution in [0.5, 0.6) is 0 Å². The molecular weight excluding hydrogens is 394 g/mol. The van der Waals surface area contributed by atoms with Crippen LogP contribution in [0, 0.1) is 13.8 Å². The summed E-state index contributed by atoms with van der Waals surface area (Å²) in [4.78, 5) is 40.6. The molecule has 2 heterocycles. The Balaban J connectivity index is 0.00000300. The van der Waals surface area contributed by atoms with E-state index < -0.39 is 0 Å². The zero-order chi connectivity index (χ0) is 20.4. The Bertz CT molecular complexity index is 986. The maximum atomic E-state index is 12.5. The van der Waals surface area contributed by atoms with E-state index in [1.165, 1.54) is 17.7 Å². The van der Waals surface area contributed by atoms with Gasteiger partial charge in [-0.2, -0.15) is 0 Å². The Morgan fingerprint density at radius 1 is 1.00 bits per heavy atom. The van der Waals surface area contributed by atoms with Gasteiger partial charge in [0.2, 0.25) is 5.91 Å². The molecule has 2 aromatic rings. The van der Waals surface area contributed by atoms with Crippen LogP contribution >= 0.6 is 12.4 Å². The standard InChI is InChI=1S/C20H27N5O3.ClH/c1-14-6-5-7-15(2)19(14)21-16(26)13-24-8-10-25(11-9-24)17-12-18(27)23(4)20(28)22(17)3;/h5-7,12H,8-11,13H2,1-4H3,(H,21,26);1H. The molecule has 0 aliphatic carbocycles. The molecule has 8 nitrogen and oxygen atoms in total. The summed E-state index contributed by atoms with van der Waals surface area (Å²) in [5.74, 6) is 0.583. The summed E-state index contributed by atoms with van der Waals surface area (Å²) in [6.45, 7) is 6.95. The molecule has 1 aromatic carbocycles. The van der Waals surface area contributed by atoms with Crippen molar-refractivity contribution < 1.29 is 4.79 Å². The third-order valence-electron chi connectivity index (χ3n) is 5.31. The van der Waals surface area contributed by atoms with Crippen LogP contribution in [0.15, 0.2) is 33.9 Å². The Kier molecular flexibility index (Phi) is 7.26. The Hall–Kier alpha value is -2.58. The van der Waals surface area contributed by atoms with E-state index in [2.05, 4.69) is 10.2 Å². The zero-order valence-corrected chi connectivity index (χ0v) is 18.1. The van der Waals surface area contributed by atoms with Crippen LogP contribution in [-0.2, 0) is 18.9 Å². The number of carbonyl (C=O) groups excluding carboxylic acids is 1. The normalized spacial score (nSPS) is 14.4. The number of nitrogens with one attached hydrogen (secondary N) is 1. The van der Waals surface area contributed by atoms with Crippen LogP contribution < -0.4 is 21.5 Å². The molecule has 1 amide bonds.